The number of nitrogens with zero attached hydrogens (tertiary/aromatic N) is 2. The van der Waals surface area contributed by atoms with Crippen LogP contribution in [-0.2, 0) is 0 Å². The average molecular weight is 523 g/mol. The molecule has 8 aromatic rings. The lowest BCUT2D eigenvalue weighted by molar-refractivity contribution is 1.37. The molecule has 0 spiro atoms. The lowest BCUT2D eigenvalue weighted by Crippen LogP contribution is -1.89. The molecule has 0 amide bonds. The van der Waals surface area contributed by atoms with Crippen LogP contribution in [0.15, 0.2) is 134 Å². The van der Waals surface area contributed by atoms with Crippen molar-refractivity contribution in [2.45, 2.75) is 6.92 Å². The third-order valence-corrected chi connectivity index (χ3v) is 8.22. The summed E-state index contributed by atoms with van der Waals surface area (Å²) in [6, 6.07) is 45.5. The van der Waals surface area contributed by atoms with Crippen molar-refractivity contribution in [3.63, 3.8) is 0 Å². The summed E-state index contributed by atoms with van der Waals surface area (Å²) >= 11 is 0. The van der Waals surface area contributed by atoms with Gasteiger partial charge in [-0.2, -0.15) is 0 Å². The highest BCUT2D eigenvalue weighted by Gasteiger charge is 2.10. The molecule has 8 rings (SSSR count). The molecule has 0 saturated heterocycles. The highest BCUT2D eigenvalue weighted by molar-refractivity contribution is 6.25. The summed E-state index contributed by atoms with van der Waals surface area (Å²) in [5.41, 5.74) is 7.57. The zero-order valence-electron chi connectivity index (χ0n) is 22.7. The highest BCUT2D eigenvalue weighted by Crippen LogP contribution is 2.36. The molecular weight excluding hydrogens is 496 g/mol. The van der Waals surface area contributed by atoms with Crippen molar-refractivity contribution in [2.75, 3.05) is 0 Å². The van der Waals surface area contributed by atoms with Crippen LogP contribution in [0.5, 0.6) is 0 Å². The van der Waals surface area contributed by atoms with Gasteiger partial charge in [0.25, 0.3) is 0 Å². The molecule has 0 fully saturated rings. The number of benzene rings is 6. The van der Waals surface area contributed by atoms with Crippen molar-refractivity contribution in [2.24, 2.45) is 0 Å². The molecule has 0 aliphatic heterocycles. The molecule has 0 unspecified atom stereocenters. The van der Waals surface area contributed by atoms with E-state index in [0.29, 0.717) is 0 Å². The normalized spacial score (nSPS) is 12.2. The van der Waals surface area contributed by atoms with E-state index < -0.39 is 0 Å². The van der Waals surface area contributed by atoms with Gasteiger partial charge < -0.3 is 0 Å². The molecule has 0 aliphatic rings. The fourth-order valence-electron chi connectivity index (χ4n) is 6.12. The van der Waals surface area contributed by atoms with Crippen LogP contribution in [0.4, 0.5) is 0 Å². The van der Waals surface area contributed by atoms with Gasteiger partial charge in [-0.05, 0) is 74.1 Å². The van der Waals surface area contributed by atoms with Crippen molar-refractivity contribution < 1.29 is 0 Å². The Labute approximate surface area is 238 Å². The van der Waals surface area contributed by atoms with Crippen LogP contribution in [0.25, 0.3) is 77.0 Å². The molecule has 0 aliphatic carbocycles. The second-order valence-electron chi connectivity index (χ2n) is 10.7. The molecule has 2 aromatic heterocycles. The van der Waals surface area contributed by atoms with Crippen molar-refractivity contribution >= 4 is 65.8 Å². The van der Waals surface area contributed by atoms with Gasteiger partial charge in [-0.15, -0.1) is 0 Å². The molecule has 2 nitrogen and oxygen atoms in total. The van der Waals surface area contributed by atoms with Crippen LogP contribution in [0.2, 0.25) is 0 Å². The quantitative estimate of drug-likeness (QED) is 0.170. The minimum atomic E-state index is 0.942. The third kappa shape index (κ3) is 3.96. The lowest BCUT2D eigenvalue weighted by atomic mass is 9.92. The van der Waals surface area contributed by atoms with Crippen LogP contribution < -0.4 is 0 Å². The lowest BCUT2D eigenvalue weighted by Gasteiger charge is -2.12. The Hall–Kier alpha value is -5.34. The molecule has 0 radical (unpaired) electrons. The number of aromatic nitrogens is 2. The van der Waals surface area contributed by atoms with Crippen LogP contribution in [0.3, 0.4) is 0 Å². The molecule has 0 saturated carbocycles. The van der Waals surface area contributed by atoms with Gasteiger partial charge in [-0.25, -0.2) is 4.98 Å². The first-order chi connectivity index (χ1) is 20.2. The summed E-state index contributed by atoms with van der Waals surface area (Å²) in [7, 11) is 0. The molecule has 2 heteroatoms. The van der Waals surface area contributed by atoms with Gasteiger partial charge in [-0.3, -0.25) is 4.98 Å². The molecule has 0 bridgehead atoms. The van der Waals surface area contributed by atoms with Gasteiger partial charge in [0.15, 0.2) is 0 Å². The Balaban J connectivity index is 1.17. The summed E-state index contributed by atoms with van der Waals surface area (Å²) < 4.78 is 0. The topological polar surface area (TPSA) is 25.8 Å². The molecule has 0 N–H and O–H groups in total. The van der Waals surface area contributed by atoms with Gasteiger partial charge in [0.05, 0.1) is 16.7 Å². The number of hydrogen-bond donors (Lipinski definition) is 0. The maximum absolute atomic E-state index is 5.01. The highest BCUT2D eigenvalue weighted by atomic mass is 14.7. The summed E-state index contributed by atoms with van der Waals surface area (Å²) in [4.78, 5) is 9.61. The molecule has 192 valence electrons. The first-order valence-electron chi connectivity index (χ1n) is 14.0. The predicted molar refractivity (Wildman–Crippen MR) is 175 cm³/mol. The maximum atomic E-state index is 5.01. The second-order valence-corrected chi connectivity index (χ2v) is 10.7. The van der Waals surface area contributed by atoms with Crippen molar-refractivity contribution in [3.05, 3.63) is 145 Å². The van der Waals surface area contributed by atoms with Crippen molar-refractivity contribution in [3.8, 4) is 11.3 Å². The SMILES string of the molecule is C/C(=C\c1ccc(-c2ccc3ccc4cccnc4c3n2)cc1)c1ccc2c3ccccc3c3ccccc3c2c1. The summed E-state index contributed by atoms with van der Waals surface area (Å²) in [5, 5.41) is 10.0. The molecule has 41 heavy (non-hydrogen) atoms. The van der Waals surface area contributed by atoms with Gasteiger partial charge in [0.1, 0.15) is 0 Å². The second kappa shape index (κ2) is 9.39. The fourth-order valence-corrected chi connectivity index (χ4v) is 6.12. The number of rotatable bonds is 3. The van der Waals surface area contributed by atoms with E-state index in [0.717, 1.165) is 33.1 Å². The molecular formula is C39H26N2. The minimum Gasteiger partial charge on any atom is -0.254 e. The van der Waals surface area contributed by atoms with Gasteiger partial charge >= 0.3 is 0 Å². The van der Waals surface area contributed by atoms with Gasteiger partial charge in [0.2, 0.25) is 0 Å². The van der Waals surface area contributed by atoms with Crippen LogP contribution in [0.1, 0.15) is 18.1 Å². The Morgan fingerprint density at radius 3 is 1.85 bits per heavy atom. The Morgan fingerprint density at radius 2 is 1.15 bits per heavy atom. The summed E-state index contributed by atoms with van der Waals surface area (Å²) in [5.74, 6) is 0. The standard InChI is InChI=1S/C39H26N2/c1-25(30-18-20-35-33-10-3-2-8-31(33)32-9-4-5-11-34(32)36(35)24-30)23-26-12-14-27(15-13-26)37-21-19-29-17-16-28-7-6-22-40-38(28)39(29)41-37/h2-24H,1H3/b25-23+. The monoisotopic (exact) mass is 522 g/mol. The summed E-state index contributed by atoms with van der Waals surface area (Å²) in [6.45, 7) is 2.20. The van der Waals surface area contributed by atoms with E-state index in [-0.39, 0.29) is 0 Å². The van der Waals surface area contributed by atoms with E-state index in [2.05, 4.69) is 139 Å². The predicted octanol–water partition coefficient (Wildman–Crippen LogP) is 10.5. The van der Waals surface area contributed by atoms with E-state index in [1.165, 1.54) is 49.0 Å². The average Bonchev–Trinajstić information content (AvgIpc) is 3.04. The van der Waals surface area contributed by atoms with Crippen molar-refractivity contribution in [1.29, 1.82) is 0 Å². The Kier molecular flexibility index (Phi) is 5.39. The zero-order valence-corrected chi connectivity index (χ0v) is 22.7. The van der Waals surface area contributed by atoms with E-state index in [9.17, 15) is 0 Å². The zero-order chi connectivity index (χ0) is 27.3. The van der Waals surface area contributed by atoms with E-state index in [4.69, 9.17) is 4.98 Å². The number of hydrogen-bond acceptors (Lipinski definition) is 2. The van der Waals surface area contributed by atoms with E-state index >= 15 is 0 Å². The summed E-state index contributed by atoms with van der Waals surface area (Å²) in [6.07, 6.45) is 4.10. The third-order valence-electron chi connectivity index (χ3n) is 8.22. The maximum Gasteiger partial charge on any atom is 0.0972 e. The van der Waals surface area contributed by atoms with E-state index in [1.807, 2.05) is 12.3 Å². The first-order valence-corrected chi connectivity index (χ1v) is 14.0. The Morgan fingerprint density at radius 1 is 0.537 bits per heavy atom. The number of allylic oxidation sites excluding steroid dienone is 1. The van der Waals surface area contributed by atoms with Gasteiger partial charge in [-0.1, -0.05) is 115 Å². The smallest absolute Gasteiger partial charge is 0.0972 e. The minimum absolute atomic E-state index is 0.942. The molecule has 0 atom stereocenters. The van der Waals surface area contributed by atoms with E-state index in [1.54, 1.807) is 0 Å². The molecule has 6 aromatic carbocycles. The largest absolute Gasteiger partial charge is 0.254 e. The van der Waals surface area contributed by atoms with Crippen LogP contribution >= 0.6 is 0 Å². The van der Waals surface area contributed by atoms with Gasteiger partial charge in [0, 0.05) is 22.5 Å². The first kappa shape index (κ1) is 23.5. The van der Waals surface area contributed by atoms with Crippen LogP contribution in [0, 0.1) is 0 Å². The van der Waals surface area contributed by atoms with Crippen LogP contribution in [-0.4, -0.2) is 9.97 Å². The fraction of sp³-hybridized carbons (Fsp3) is 0.0256. The number of pyridine rings is 2. The molecule has 2 heterocycles. The Bertz CT molecular complexity index is 2280. The number of fused-ring (bicyclic) bond motifs is 9. The van der Waals surface area contributed by atoms with Crippen molar-refractivity contribution in [1.82, 2.24) is 9.97 Å².